The van der Waals surface area contributed by atoms with Crippen LogP contribution in [0.4, 0.5) is 0 Å². The quantitative estimate of drug-likeness (QED) is 0.783. The Morgan fingerprint density at radius 3 is 3.05 bits per heavy atom. The van der Waals surface area contributed by atoms with Gasteiger partial charge in [0, 0.05) is 45.3 Å². The van der Waals surface area contributed by atoms with Gasteiger partial charge in [0.15, 0.2) is 0 Å². The smallest absolute Gasteiger partial charge is 0.274 e. The van der Waals surface area contributed by atoms with Crippen LogP contribution < -0.4 is 11.1 Å². The molecule has 1 aromatic rings. The zero-order chi connectivity index (χ0) is 14.5. The number of likely N-dealkylation sites (tertiary alicyclic amines) is 1. The molecule has 20 heavy (non-hydrogen) atoms. The first-order valence-electron chi connectivity index (χ1n) is 6.88. The Morgan fingerprint density at radius 1 is 1.55 bits per heavy atom. The minimum atomic E-state index is -0.0872. The van der Waals surface area contributed by atoms with Crippen molar-refractivity contribution < 1.29 is 9.59 Å². The summed E-state index contributed by atoms with van der Waals surface area (Å²) in [6.07, 6.45) is 5.14. The number of rotatable bonds is 4. The van der Waals surface area contributed by atoms with Crippen LogP contribution in [-0.2, 0) is 11.3 Å². The van der Waals surface area contributed by atoms with Crippen LogP contribution in [0.5, 0.6) is 0 Å². The zero-order valence-electron chi connectivity index (χ0n) is 11.7. The topological polar surface area (TPSA) is 93.2 Å². The molecular weight excluding hydrogens is 258 g/mol. The molecule has 1 aliphatic heterocycles. The fourth-order valence-electron chi connectivity index (χ4n) is 2.47. The maximum atomic E-state index is 12.4. The molecule has 2 rings (SSSR count). The van der Waals surface area contributed by atoms with Crippen molar-refractivity contribution in [3.05, 3.63) is 18.2 Å². The molecule has 7 heteroatoms. The Labute approximate surface area is 118 Å². The maximum absolute atomic E-state index is 12.4. The predicted molar refractivity (Wildman–Crippen MR) is 74.0 cm³/mol. The van der Waals surface area contributed by atoms with E-state index < -0.39 is 0 Å². The average molecular weight is 279 g/mol. The van der Waals surface area contributed by atoms with E-state index in [1.807, 2.05) is 4.57 Å². The van der Waals surface area contributed by atoms with Crippen LogP contribution in [-0.4, -0.2) is 51.9 Å². The average Bonchev–Trinajstić information content (AvgIpc) is 2.86. The third kappa shape index (κ3) is 3.57. The van der Waals surface area contributed by atoms with Gasteiger partial charge in [-0.3, -0.25) is 9.59 Å². The van der Waals surface area contributed by atoms with E-state index in [1.54, 1.807) is 17.4 Å². The normalized spacial score (nSPS) is 18.9. The Balaban J connectivity index is 1.98. The van der Waals surface area contributed by atoms with Gasteiger partial charge in [-0.2, -0.15) is 0 Å². The molecule has 1 unspecified atom stereocenters. The summed E-state index contributed by atoms with van der Waals surface area (Å²) in [4.78, 5) is 29.3. The molecule has 3 N–H and O–H groups in total. The molecular formula is C13H21N5O2. The molecule has 0 aliphatic carbocycles. The molecule has 1 aromatic heterocycles. The summed E-state index contributed by atoms with van der Waals surface area (Å²) in [6, 6.07) is 0.0383. The van der Waals surface area contributed by atoms with Crippen molar-refractivity contribution in [3.63, 3.8) is 0 Å². The Kier molecular flexibility index (Phi) is 4.73. The molecule has 0 bridgehead atoms. The SMILES string of the molecule is CC(=O)NC1CCCN(C(=O)c2cn(CCN)cn2)C1. The first kappa shape index (κ1) is 14.5. The fraction of sp³-hybridized carbons (Fsp3) is 0.615. The third-order valence-electron chi connectivity index (χ3n) is 3.36. The van der Waals surface area contributed by atoms with Crippen LogP contribution in [0, 0.1) is 0 Å². The number of nitrogens with two attached hydrogens (primary N) is 1. The van der Waals surface area contributed by atoms with Crippen LogP contribution in [0.1, 0.15) is 30.3 Å². The van der Waals surface area contributed by atoms with Gasteiger partial charge in [-0.15, -0.1) is 0 Å². The highest BCUT2D eigenvalue weighted by molar-refractivity contribution is 5.92. The Bertz CT molecular complexity index is 485. The number of imidazole rings is 1. The van der Waals surface area contributed by atoms with Crippen molar-refractivity contribution in [2.24, 2.45) is 5.73 Å². The number of nitrogens with one attached hydrogen (secondary N) is 1. The lowest BCUT2D eigenvalue weighted by molar-refractivity contribution is -0.120. The molecule has 1 fully saturated rings. The molecule has 1 atom stereocenters. The second-order valence-electron chi connectivity index (χ2n) is 5.08. The lowest BCUT2D eigenvalue weighted by Crippen LogP contribution is -2.49. The van der Waals surface area contributed by atoms with Crippen LogP contribution in [0.15, 0.2) is 12.5 Å². The number of carbonyl (C=O) groups excluding carboxylic acids is 2. The molecule has 7 nitrogen and oxygen atoms in total. The number of hydrogen-bond acceptors (Lipinski definition) is 4. The first-order valence-corrected chi connectivity index (χ1v) is 6.88. The lowest BCUT2D eigenvalue weighted by Gasteiger charge is -2.32. The zero-order valence-corrected chi connectivity index (χ0v) is 11.7. The van der Waals surface area contributed by atoms with Gasteiger partial charge >= 0.3 is 0 Å². The van der Waals surface area contributed by atoms with E-state index in [0.717, 1.165) is 12.8 Å². The van der Waals surface area contributed by atoms with Gasteiger partial charge < -0.3 is 20.5 Å². The maximum Gasteiger partial charge on any atom is 0.274 e. The molecule has 1 saturated heterocycles. The van der Waals surface area contributed by atoms with Crippen molar-refractivity contribution in [2.45, 2.75) is 32.4 Å². The highest BCUT2D eigenvalue weighted by Crippen LogP contribution is 2.13. The molecule has 2 heterocycles. The summed E-state index contributed by atoms with van der Waals surface area (Å²) < 4.78 is 1.81. The molecule has 1 aliphatic rings. The summed E-state index contributed by atoms with van der Waals surface area (Å²) >= 11 is 0. The van der Waals surface area contributed by atoms with Gasteiger partial charge in [-0.1, -0.05) is 0 Å². The van der Waals surface area contributed by atoms with Crippen molar-refractivity contribution in [2.75, 3.05) is 19.6 Å². The minimum absolute atomic E-state index is 0.0383. The number of carbonyl (C=O) groups is 2. The largest absolute Gasteiger partial charge is 0.352 e. The summed E-state index contributed by atoms with van der Waals surface area (Å²) in [6.45, 7) is 3.91. The number of aromatic nitrogens is 2. The second-order valence-corrected chi connectivity index (χ2v) is 5.08. The van der Waals surface area contributed by atoms with E-state index >= 15 is 0 Å². The minimum Gasteiger partial charge on any atom is -0.352 e. The number of hydrogen-bond donors (Lipinski definition) is 2. The lowest BCUT2D eigenvalue weighted by atomic mass is 10.1. The molecule has 0 spiro atoms. The molecule has 110 valence electrons. The van der Waals surface area contributed by atoms with E-state index in [0.29, 0.717) is 31.9 Å². The van der Waals surface area contributed by atoms with Crippen LogP contribution in [0.3, 0.4) is 0 Å². The predicted octanol–water partition coefficient (Wildman–Crippen LogP) is -0.417. The van der Waals surface area contributed by atoms with E-state index in [-0.39, 0.29) is 17.9 Å². The van der Waals surface area contributed by atoms with E-state index in [9.17, 15) is 9.59 Å². The molecule has 0 saturated carbocycles. The van der Waals surface area contributed by atoms with Gasteiger partial charge in [-0.05, 0) is 12.8 Å². The van der Waals surface area contributed by atoms with E-state index in [2.05, 4.69) is 10.3 Å². The van der Waals surface area contributed by atoms with E-state index in [1.165, 1.54) is 6.92 Å². The Hall–Kier alpha value is -1.89. The van der Waals surface area contributed by atoms with Crippen molar-refractivity contribution in [1.29, 1.82) is 0 Å². The van der Waals surface area contributed by atoms with Gasteiger partial charge in [-0.25, -0.2) is 4.98 Å². The highest BCUT2D eigenvalue weighted by atomic mass is 16.2. The van der Waals surface area contributed by atoms with Crippen molar-refractivity contribution in [3.8, 4) is 0 Å². The van der Waals surface area contributed by atoms with E-state index in [4.69, 9.17) is 5.73 Å². The number of piperidine rings is 1. The molecule has 2 amide bonds. The van der Waals surface area contributed by atoms with Gasteiger partial charge in [0.2, 0.25) is 5.91 Å². The summed E-state index contributed by atoms with van der Waals surface area (Å²) in [5.41, 5.74) is 5.90. The summed E-state index contributed by atoms with van der Waals surface area (Å²) in [7, 11) is 0. The van der Waals surface area contributed by atoms with Gasteiger partial charge in [0.1, 0.15) is 5.69 Å². The monoisotopic (exact) mass is 279 g/mol. The first-order chi connectivity index (χ1) is 9.60. The van der Waals surface area contributed by atoms with Crippen molar-refractivity contribution in [1.82, 2.24) is 19.8 Å². The third-order valence-corrected chi connectivity index (χ3v) is 3.36. The number of amides is 2. The summed E-state index contributed by atoms with van der Waals surface area (Å²) in [5, 5.41) is 2.87. The standard InChI is InChI=1S/C13H21N5O2/c1-10(19)16-11-3-2-5-18(7-11)13(20)12-8-17(6-4-14)9-15-12/h8-9,11H,2-7,14H2,1H3,(H,16,19). The molecule has 0 radical (unpaired) electrons. The van der Waals surface area contributed by atoms with Crippen molar-refractivity contribution >= 4 is 11.8 Å². The second kappa shape index (κ2) is 6.51. The van der Waals surface area contributed by atoms with Gasteiger partial charge in [0.05, 0.1) is 6.33 Å². The number of nitrogens with zero attached hydrogens (tertiary/aromatic N) is 3. The highest BCUT2D eigenvalue weighted by Gasteiger charge is 2.25. The van der Waals surface area contributed by atoms with Crippen LogP contribution in [0.25, 0.3) is 0 Å². The van der Waals surface area contributed by atoms with Crippen LogP contribution >= 0.6 is 0 Å². The molecule has 0 aromatic carbocycles. The fourth-order valence-corrected chi connectivity index (χ4v) is 2.47. The summed E-state index contributed by atoms with van der Waals surface area (Å²) in [5.74, 6) is -0.146. The Morgan fingerprint density at radius 2 is 2.35 bits per heavy atom. The van der Waals surface area contributed by atoms with Gasteiger partial charge in [0.25, 0.3) is 5.91 Å². The van der Waals surface area contributed by atoms with Crippen LogP contribution in [0.2, 0.25) is 0 Å².